The highest BCUT2D eigenvalue weighted by Gasteiger charge is 2.19. The highest BCUT2D eigenvalue weighted by Crippen LogP contribution is 2.28. The van der Waals surface area contributed by atoms with Crippen LogP contribution < -0.4 is 5.73 Å². The molecule has 0 aliphatic heterocycles. The summed E-state index contributed by atoms with van der Waals surface area (Å²) in [5.74, 6) is -1.12. The quantitative estimate of drug-likeness (QED) is 0.831. The lowest BCUT2D eigenvalue weighted by molar-refractivity contribution is -0.136. The van der Waals surface area contributed by atoms with E-state index in [-0.39, 0.29) is 34.3 Å². The number of hydrogen-bond donors (Lipinski definition) is 2. The molecule has 0 bridgehead atoms. The third-order valence-electron chi connectivity index (χ3n) is 2.05. The van der Waals surface area contributed by atoms with Crippen LogP contribution in [0.5, 0.6) is 0 Å². The lowest BCUT2D eigenvalue weighted by Crippen LogP contribution is -2.12. The summed E-state index contributed by atoms with van der Waals surface area (Å²) in [6, 6.07) is 0. The van der Waals surface area contributed by atoms with Crippen molar-refractivity contribution < 1.29 is 18.7 Å². The highest BCUT2D eigenvalue weighted by atomic mass is 79.9. The van der Waals surface area contributed by atoms with Gasteiger partial charge in [-0.1, -0.05) is 0 Å². The van der Waals surface area contributed by atoms with Gasteiger partial charge in [-0.2, -0.15) is 0 Å². The Kier molecular flexibility index (Phi) is 4.31. The van der Waals surface area contributed by atoms with Crippen molar-refractivity contribution in [3.8, 4) is 0 Å². The van der Waals surface area contributed by atoms with Crippen LogP contribution in [0.1, 0.15) is 23.1 Å². The Morgan fingerprint density at radius 1 is 1.56 bits per heavy atom. The van der Waals surface area contributed by atoms with Gasteiger partial charge in [0.1, 0.15) is 4.60 Å². The van der Waals surface area contributed by atoms with Crippen molar-refractivity contribution in [2.45, 2.75) is 19.4 Å². The number of carbonyl (C=O) groups is 1. The summed E-state index contributed by atoms with van der Waals surface area (Å²) in [5, 5.41) is 8.66. The molecule has 0 aliphatic rings. The Bertz CT molecular complexity index is 413. The first kappa shape index (κ1) is 13.0. The van der Waals surface area contributed by atoms with E-state index in [2.05, 4.69) is 20.9 Å². The van der Waals surface area contributed by atoms with Crippen LogP contribution in [0, 0.1) is 0 Å². The predicted octanol–water partition coefficient (Wildman–Crippen LogP) is 1.87. The average molecular weight is 295 g/mol. The molecule has 7 heteroatoms. The van der Waals surface area contributed by atoms with Gasteiger partial charge in [0.25, 0.3) is 6.43 Å². The SMILES string of the molecule is NCc1c(C(F)F)cnc(Br)c1CC(=O)O. The van der Waals surface area contributed by atoms with E-state index < -0.39 is 12.4 Å². The number of carboxylic acids is 1. The summed E-state index contributed by atoms with van der Waals surface area (Å²) in [6.07, 6.45) is -2.10. The minimum Gasteiger partial charge on any atom is -0.481 e. The summed E-state index contributed by atoms with van der Waals surface area (Å²) in [6.45, 7) is -0.149. The van der Waals surface area contributed by atoms with Gasteiger partial charge in [0, 0.05) is 23.9 Å². The fourth-order valence-corrected chi connectivity index (χ4v) is 1.82. The fourth-order valence-electron chi connectivity index (χ4n) is 1.34. The molecule has 16 heavy (non-hydrogen) atoms. The molecule has 0 saturated carbocycles. The average Bonchev–Trinajstić information content (AvgIpc) is 2.19. The van der Waals surface area contributed by atoms with E-state index in [1.807, 2.05) is 0 Å². The van der Waals surface area contributed by atoms with Gasteiger partial charge in [-0.05, 0) is 21.5 Å². The molecule has 3 N–H and O–H groups in total. The lowest BCUT2D eigenvalue weighted by Gasteiger charge is -2.12. The number of rotatable bonds is 4. The van der Waals surface area contributed by atoms with Gasteiger partial charge in [-0.25, -0.2) is 13.8 Å². The van der Waals surface area contributed by atoms with E-state index in [9.17, 15) is 13.6 Å². The lowest BCUT2D eigenvalue weighted by atomic mass is 10.0. The van der Waals surface area contributed by atoms with Crippen molar-refractivity contribution in [3.05, 3.63) is 27.5 Å². The van der Waals surface area contributed by atoms with Crippen LogP contribution in [0.3, 0.4) is 0 Å². The minimum atomic E-state index is -2.72. The Morgan fingerprint density at radius 3 is 2.62 bits per heavy atom. The monoisotopic (exact) mass is 294 g/mol. The number of nitrogens with two attached hydrogens (primary N) is 1. The molecule has 0 fully saturated rings. The molecule has 1 aromatic rings. The Morgan fingerprint density at radius 2 is 2.19 bits per heavy atom. The van der Waals surface area contributed by atoms with Gasteiger partial charge < -0.3 is 10.8 Å². The maximum Gasteiger partial charge on any atom is 0.307 e. The maximum atomic E-state index is 12.6. The number of hydrogen-bond acceptors (Lipinski definition) is 3. The van der Waals surface area contributed by atoms with E-state index in [0.29, 0.717) is 0 Å². The van der Waals surface area contributed by atoms with Crippen molar-refractivity contribution in [2.24, 2.45) is 5.73 Å². The van der Waals surface area contributed by atoms with Gasteiger partial charge >= 0.3 is 5.97 Å². The zero-order valence-corrected chi connectivity index (χ0v) is 9.67. The van der Waals surface area contributed by atoms with Crippen molar-refractivity contribution in [2.75, 3.05) is 0 Å². The standard InChI is InChI=1S/C9H9BrF2N2O2/c10-8-4(1-7(15)16)5(2-13)6(3-14-8)9(11)12/h3,9H,1-2,13H2,(H,15,16). The third kappa shape index (κ3) is 2.73. The first-order valence-electron chi connectivity index (χ1n) is 4.33. The summed E-state index contributed by atoms with van der Waals surface area (Å²) < 4.78 is 25.4. The van der Waals surface area contributed by atoms with Crippen molar-refractivity contribution in [1.29, 1.82) is 0 Å². The number of pyridine rings is 1. The van der Waals surface area contributed by atoms with E-state index in [4.69, 9.17) is 10.8 Å². The normalized spacial score (nSPS) is 10.8. The number of halogens is 3. The zero-order valence-electron chi connectivity index (χ0n) is 8.08. The van der Waals surface area contributed by atoms with Crippen LogP contribution in [0.4, 0.5) is 8.78 Å². The summed E-state index contributed by atoms with van der Waals surface area (Å²) in [4.78, 5) is 14.3. The van der Waals surface area contributed by atoms with E-state index >= 15 is 0 Å². The van der Waals surface area contributed by atoms with Gasteiger partial charge in [0.2, 0.25) is 0 Å². The van der Waals surface area contributed by atoms with E-state index in [1.165, 1.54) is 0 Å². The van der Waals surface area contributed by atoms with E-state index in [1.54, 1.807) is 0 Å². The molecule has 0 aliphatic carbocycles. The smallest absolute Gasteiger partial charge is 0.307 e. The Labute approximate surface area is 98.6 Å². The molecule has 0 atom stereocenters. The molecule has 88 valence electrons. The van der Waals surface area contributed by atoms with Crippen LogP contribution in [-0.2, 0) is 17.8 Å². The van der Waals surface area contributed by atoms with Gasteiger partial charge in [-0.15, -0.1) is 0 Å². The van der Waals surface area contributed by atoms with E-state index in [0.717, 1.165) is 6.20 Å². The molecule has 0 unspecified atom stereocenters. The van der Waals surface area contributed by atoms with Crippen LogP contribution in [0.2, 0.25) is 0 Å². The molecule has 0 radical (unpaired) electrons. The van der Waals surface area contributed by atoms with Gasteiger partial charge in [0.05, 0.1) is 6.42 Å². The Hall–Kier alpha value is -1.08. The Balaban J connectivity index is 3.32. The number of carboxylic acid groups (broad SMARTS) is 1. The van der Waals surface area contributed by atoms with Crippen molar-refractivity contribution in [3.63, 3.8) is 0 Å². The van der Waals surface area contributed by atoms with Gasteiger partial charge in [-0.3, -0.25) is 4.79 Å². The second kappa shape index (κ2) is 5.31. The highest BCUT2D eigenvalue weighted by molar-refractivity contribution is 9.10. The number of nitrogens with zero attached hydrogens (tertiary/aromatic N) is 1. The second-order valence-corrected chi connectivity index (χ2v) is 3.79. The van der Waals surface area contributed by atoms with Crippen LogP contribution >= 0.6 is 15.9 Å². The second-order valence-electron chi connectivity index (χ2n) is 3.04. The topological polar surface area (TPSA) is 76.2 Å². The molecule has 0 aromatic carbocycles. The van der Waals surface area contributed by atoms with Crippen LogP contribution in [0.15, 0.2) is 10.8 Å². The maximum absolute atomic E-state index is 12.6. The largest absolute Gasteiger partial charge is 0.481 e. The first-order valence-corrected chi connectivity index (χ1v) is 5.12. The summed E-state index contributed by atoms with van der Waals surface area (Å²) in [5.41, 5.74) is 5.38. The first-order chi connectivity index (χ1) is 7.47. The fraction of sp³-hybridized carbons (Fsp3) is 0.333. The predicted molar refractivity (Wildman–Crippen MR) is 56.1 cm³/mol. The molecule has 1 aromatic heterocycles. The van der Waals surface area contributed by atoms with Crippen molar-refractivity contribution >= 4 is 21.9 Å². The molecule has 1 heterocycles. The van der Waals surface area contributed by atoms with Gasteiger partial charge in [0.15, 0.2) is 0 Å². The molecular formula is C9H9BrF2N2O2. The minimum absolute atomic E-state index is 0.138. The molecule has 4 nitrogen and oxygen atoms in total. The third-order valence-corrected chi connectivity index (χ3v) is 2.73. The van der Waals surface area contributed by atoms with Crippen LogP contribution in [-0.4, -0.2) is 16.1 Å². The molecule has 0 saturated heterocycles. The number of alkyl halides is 2. The summed E-state index contributed by atoms with van der Waals surface area (Å²) in [7, 11) is 0. The molecule has 0 amide bonds. The molecular weight excluding hydrogens is 286 g/mol. The summed E-state index contributed by atoms with van der Waals surface area (Å²) >= 11 is 3.02. The number of aromatic nitrogens is 1. The number of aliphatic carboxylic acids is 1. The van der Waals surface area contributed by atoms with Crippen molar-refractivity contribution in [1.82, 2.24) is 4.98 Å². The van der Waals surface area contributed by atoms with Crippen LogP contribution in [0.25, 0.3) is 0 Å². The molecule has 1 rings (SSSR count). The zero-order chi connectivity index (χ0) is 12.3. The molecule has 0 spiro atoms.